The van der Waals surface area contributed by atoms with E-state index < -0.39 is 0 Å². The minimum Gasteiger partial charge on any atom is -0.474 e. The number of imidazole rings is 3. The van der Waals surface area contributed by atoms with E-state index in [2.05, 4.69) is 214 Å². The first-order valence-corrected chi connectivity index (χ1v) is 42.6. The molecule has 0 saturated carbocycles. The summed E-state index contributed by atoms with van der Waals surface area (Å²) >= 11 is 0. The number of fused-ring (bicyclic) bond motifs is 12. The maximum atomic E-state index is 6.00. The van der Waals surface area contributed by atoms with Gasteiger partial charge in [0.05, 0.1) is 99.1 Å². The maximum Gasteiger partial charge on any atom is 2.00 e. The molecule has 0 spiro atoms. The molecule has 0 aliphatic carbocycles. The van der Waals surface area contributed by atoms with Gasteiger partial charge in [-0.15, -0.1) is 143 Å². The van der Waals surface area contributed by atoms with E-state index in [0.29, 0.717) is 0 Å². The van der Waals surface area contributed by atoms with Gasteiger partial charge in [0.25, 0.3) is 0 Å². The molecule has 0 N–H and O–H groups in total. The summed E-state index contributed by atoms with van der Waals surface area (Å²) in [4.78, 5) is 29.0. The van der Waals surface area contributed by atoms with Gasteiger partial charge < -0.3 is 59.5 Å². The predicted molar refractivity (Wildman–Crippen MR) is 513 cm³/mol. The molecule has 0 aliphatic rings. The molecule has 133 heavy (non-hydrogen) atoms. The van der Waals surface area contributed by atoms with Crippen LogP contribution in [0.1, 0.15) is 0 Å². The predicted octanol–water partition coefficient (Wildman–Crippen LogP) is 27.3. The third kappa shape index (κ3) is 15.0. The van der Waals surface area contributed by atoms with Crippen LogP contribution in [-0.2, 0) is 84.3 Å². The Labute approximate surface area is 805 Å². The molecule has 20 heteroatoms. The van der Waals surface area contributed by atoms with Crippen LogP contribution < -0.4 is 0 Å². The summed E-state index contributed by atoms with van der Waals surface area (Å²) in [5.41, 5.74) is 27.2. The fourth-order valence-electron chi connectivity index (χ4n) is 18.1. The van der Waals surface area contributed by atoms with E-state index in [-0.39, 0.29) is 63.2 Å². The Bertz CT molecular complexity index is 8790. The SMILES string of the molecule is Cn1c(-c2[c-]c3c(cc2)c2cc(-c4ccco4)ccc2n3-c2[c-]c(-c3ccccn3)ccc2-c2ccco2)nc2ccccc21.Cn1c(-c2[c-]c3c(cc2)c2ccccc2n3-c2[c-]c(-c3cccc(-c4ccco4)n3)ccc2)nc2ccccc21.Cn1c(-c2[c-]c3c(cc2-c2ccco2)c2cc(-c4ccco4)ccc2n3-c2[c-]c(-c3ccccn3)ccc2)nc2ccccc21.[Pt+2].[Pt+2].[Pt+2]. The van der Waals surface area contributed by atoms with Crippen LogP contribution in [0.3, 0.4) is 0 Å². The molecule has 26 rings (SSSR count). The second-order valence-corrected chi connectivity index (χ2v) is 31.8. The van der Waals surface area contributed by atoms with E-state index >= 15 is 0 Å². The first-order valence-electron chi connectivity index (χ1n) is 42.6. The van der Waals surface area contributed by atoms with Gasteiger partial charge in [0, 0.05) is 61.2 Å². The van der Waals surface area contributed by atoms with Crippen LogP contribution in [-0.4, -0.2) is 57.3 Å². The van der Waals surface area contributed by atoms with Crippen LogP contribution in [0.25, 0.3) is 240 Å². The Kier molecular flexibility index (Phi) is 22.4. The fourth-order valence-corrected chi connectivity index (χ4v) is 18.1. The molecule has 0 bridgehead atoms. The number of benzene rings is 12. The first kappa shape index (κ1) is 84.2. The zero-order valence-corrected chi connectivity index (χ0v) is 77.9. The topological polar surface area (TPSA) is 173 Å². The molecular weight excluding hydrogens is 2190 g/mol. The maximum absolute atomic E-state index is 6.00. The molecule has 0 unspecified atom stereocenters. The standard InChI is InChI=1S/2C39H24N4O2.C35H22N4O.3Pt/c1-42-35-13-3-2-12-33(35)41-39(42)31-24-36-29(23-30(31)38-15-8-20-45-38)28-22-26(37-14-7-19-44-37)16-17-34(28)43(36)27-10-6-9-25(21-27)32-11-4-5-18-40-32;1-42-34-10-3-2-9-32(34)41-39(42)27-14-16-28-30-22-26(37-11-6-20-44-37)15-18-33(30)43(35(28)24-27)36-23-25(31-8-4-5-19-40-31)13-17-29(36)38-12-7-21-45-38;1-38-32-16-5-3-12-29(32)37-35(38)24-18-19-27-26-11-2-4-15-31(26)39(33(27)22-24)25-10-6-9-23(21-25)28-13-7-14-30(36-28)34-17-8-20-40-34;;;/h2-20,22-23H,1H3;2-22H,1H3;2-20H,1H3;;;/q3*-2;3*+2. The summed E-state index contributed by atoms with van der Waals surface area (Å²) in [6.07, 6.45) is 12.1. The Morgan fingerprint density at radius 1 is 0.248 bits per heavy atom. The number of aryl methyl sites for hydroxylation is 3. The molecule has 14 heterocycles. The molecule has 17 nitrogen and oxygen atoms in total. The van der Waals surface area contributed by atoms with Crippen molar-refractivity contribution in [3.8, 4) is 142 Å². The Hall–Kier alpha value is -15.6. The summed E-state index contributed by atoms with van der Waals surface area (Å²) in [7, 11) is 6.15. The van der Waals surface area contributed by atoms with E-state index in [1.165, 1.54) is 5.39 Å². The summed E-state index contributed by atoms with van der Waals surface area (Å²) in [5, 5.41) is 6.54. The number of hydrogen-bond donors (Lipinski definition) is 0. The van der Waals surface area contributed by atoms with Gasteiger partial charge in [-0.25, -0.2) is 0 Å². The van der Waals surface area contributed by atoms with Crippen molar-refractivity contribution in [2.75, 3.05) is 0 Å². The summed E-state index contributed by atoms with van der Waals surface area (Å²) in [6, 6.07) is 133. The van der Waals surface area contributed by atoms with Crippen LogP contribution in [0.15, 0.2) is 393 Å². The van der Waals surface area contributed by atoms with Crippen LogP contribution in [0.2, 0.25) is 0 Å². The number of pyridine rings is 3. The summed E-state index contributed by atoms with van der Waals surface area (Å²) < 4.78 is 42.1. The Morgan fingerprint density at radius 3 is 1.20 bits per heavy atom. The molecular formula is C113H70N12O5Pt3. The molecule has 0 aliphatic heterocycles. The number of furan rings is 5. The molecule has 0 fully saturated rings. The van der Waals surface area contributed by atoms with Crippen molar-refractivity contribution < 1.29 is 85.3 Å². The monoisotopic (exact) mass is 2260 g/mol. The van der Waals surface area contributed by atoms with E-state index in [1.807, 2.05) is 208 Å². The van der Waals surface area contributed by atoms with Crippen LogP contribution in [0.4, 0.5) is 0 Å². The van der Waals surface area contributed by atoms with Crippen LogP contribution in [0.5, 0.6) is 0 Å². The van der Waals surface area contributed by atoms with E-state index in [1.54, 1.807) is 43.7 Å². The Balaban J connectivity index is 0.000000119. The van der Waals surface area contributed by atoms with Gasteiger partial charge in [-0.1, -0.05) is 130 Å². The largest absolute Gasteiger partial charge is 2.00 e. The fraction of sp³-hybridized carbons (Fsp3) is 0.0265. The number of aromatic nitrogens is 12. The summed E-state index contributed by atoms with van der Waals surface area (Å²) in [6.45, 7) is 0. The molecule has 642 valence electrons. The third-order valence-electron chi connectivity index (χ3n) is 24.2. The zero-order chi connectivity index (χ0) is 86.4. The number of rotatable bonds is 14. The van der Waals surface area contributed by atoms with E-state index in [0.717, 1.165) is 235 Å². The van der Waals surface area contributed by atoms with Crippen molar-refractivity contribution in [2.24, 2.45) is 21.1 Å². The minimum atomic E-state index is 0. The van der Waals surface area contributed by atoms with Gasteiger partial charge in [-0.05, 0) is 218 Å². The molecule has 12 aromatic carbocycles. The van der Waals surface area contributed by atoms with Crippen molar-refractivity contribution in [1.82, 2.24) is 57.3 Å². The number of para-hydroxylation sites is 7. The number of nitrogens with zero attached hydrogens (tertiary/aromatic N) is 12. The second-order valence-electron chi connectivity index (χ2n) is 31.8. The van der Waals surface area contributed by atoms with Gasteiger partial charge >= 0.3 is 63.2 Å². The minimum absolute atomic E-state index is 0. The third-order valence-corrected chi connectivity index (χ3v) is 24.2. The summed E-state index contributed by atoms with van der Waals surface area (Å²) in [5.74, 6) is 6.42. The van der Waals surface area contributed by atoms with Gasteiger partial charge in [-0.3, -0.25) is 19.9 Å². The van der Waals surface area contributed by atoms with Gasteiger partial charge in [-0.2, -0.15) is 0 Å². The van der Waals surface area contributed by atoms with E-state index in [9.17, 15) is 0 Å². The average molecular weight is 2260 g/mol. The molecule has 0 saturated heterocycles. The van der Waals surface area contributed by atoms with Crippen molar-refractivity contribution >= 4 is 98.5 Å². The molecule has 0 amide bonds. The molecule has 0 atom stereocenters. The van der Waals surface area contributed by atoms with Crippen molar-refractivity contribution in [3.63, 3.8) is 0 Å². The first-order chi connectivity index (χ1) is 64.2. The van der Waals surface area contributed by atoms with Gasteiger partial charge in [0.15, 0.2) is 5.76 Å². The van der Waals surface area contributed by atoms with Gasteiger partial charge in [0.1, 0.15) is 11.5 Å². The molecule has 14 aromatic heterocycles. The second kappa shape index (κ2) is 35.3. The van der Waals surface area contributed by atoms with Crippen LogP contribution in [0, 0.1) is 36.4 Å². The molecule has 0 radical (unpaired) electrons. The molecule has 26 aromatic rings. The normalized spacial score (nSPS) is 11.4. The zero-order valence-electron chi connectivity index (χ0n) is 71.1. The van der Waals surface area contributed by atoms with Crippen molar-refractivity contribution in [2.45, 2.75) is 0 Å². The van der Waals surface area contributed by atoms with Crippen molar-refractivity contribution in [3.05, 3.63) is 408 Å². The van der Waals surface area contributed by atoms with Gasteiger partial charge in [0.2, 0.25) is 0 Å². The Morgan fingerprint density at radius 2 is 0.662 bits per heavy atom. The van der Waals surface area contributed by atoms with Crippen LogP contribution >= 0.6 is 0 Å². The quantitative estimate of drug-likeness (QED) is 0.0948. The average Bonchev–Trinajstić information content (AvgIpc) is 1.58. The van der Waals surface area contributed by atoms with E-state index in [4.69, 9.17) is 42.0 Å². The number of hydrogen-bond acceptors (Lipinski definition) is 11. The van der Waals surface area contributed by atoms with Crippen molar-refractivity contribution in [1.29, 1.82) is 0 Å². The smallest absolute Gasteiger partial charge is 0.474 e.